The third-order valence-electron chi connectivity index (χ3n) is 3.14. The van der Waals surface area contributed by atoms with E-state index in [2.05, 4.69) is 20.0 Å². The predicted octanol–water partition coefficient (Wildman–Crippen LogP) is 0.800. The summed E-state index contributed by atoms with van der Waals surface area (Å²) in [6.45, 7) is 5.36. The Bertz CT molecular complexity index is 686. The van der Waals surface area contributed by atoms with Crippen LogP contribution in [0.1, 0.15) is 29.9 Å². The van der Waals surface area contributed by atoms with E-state index in [1.165, 1.54) is 6.20 Å². The van der Waals surface area contributed by atoms with Gasteiger partial charge in [-0.3, -0.25) is 9.78 Å². The number of rotatable bonds is 4. The molecule has 2 aromatic rings. The molecule has 0 aromatic carbocycles. The summed E-state index contributed by atoms with van der Waals surface area (Å²) < 4.78 is 28.8. The summed E-state index contributed by atoms with van der Waals surface area (Å²) in [5, 5.41) is 10.5. The highest BCUT2D eigenvalue weighted by Gasteiger charge is 2.23. The van der Waals surface area contributed by atoms with Crippen molar-refractivity contribution in [2.45, 2.75) is 31.7 Å². The normalized spacial score (nSPS) is 13.7. The quantitative estimate of drug-likeness (QED) is 0.868. The lowest BCUT2D eigenvalue weighted by Crippen LogP contribution is -2.27. The van der Waals surface area contributed by atoms with E-state index in [0.29, 0.717) is 5.69 Å². The molecule has 1 atom stereocenters. The summed E-state index contributed by atoms with van der Waals surface area (Å²) in [6, 6.07) is -0.354. The maximum Gasteiger partial charge on any atom is 0.244 e. The van der Waals surface area contributed by atoms with Gasteiger partial charge in [-0.05, 0) is 20.8 Å². The van der Waals surface area contributed by atoms with Gasteiger partial charge in [0.15, 0.2) is 0 Å². The number of nitrogens with one attached hydrogen (secondary N) is 2. The van der Waals surface area contributed by atoms with Crippen LogP contribution < -0.4 is 4.72 Å². The summed E-state index contributed by atoms with van der Waals surface area (Å²) in [5.74, 6) is 0. The Kier molecular flexibility index (Phi) is 3.46. The van der Waals surface area contributed by atoms with Crippen LogP contribution in [-0.4, -0.2) is 28.4 Å². The Labute approximate surface area is 112 Å². The average molecular weight is 283 g/mol. The molecule has 7 nitrogen and oxygen atoms in total. The Morgan fingerprint density at radius 3 is 2.53 bits per heavy atom. The zero-order chi connectivity index (χ0) is 14.2. The fraction of sp³-hybridized carbons (Fsp3) is 0.455. The first kappa shape index (κ1) is 13.8. The second kappa shape index (κ2) is 4.78. The second-order valence-electron chi connectivity index (χ2n) is 4.51. The minimum Gasteiger partial charge on any atom is -0.281 e. The van der Waals surface area contributed by atoms with Gasteiger partial charge in [0.25, 0.3) is 0 Å². The second-order valence-corrected chi connectivity index (χ2v) is 6.19. The Morgan fingerprint density at radius 1 is 1.37 bits per heavy atom. The number of hydrogen-bond acceptors (Lipinski definition) is 4. The molecule has 1 unspecified atom stereocenters. The van der Waals surface area contributed by atoms with Gasteiger partial charge >= 0.3 is 0 Å². The van der Waals surface area contributed by atoms with Gasteiger partial charge in [-0.2, -0.15) is 10.2 Å². The molecule has 19 heavy (non-hydrogen) atoms. The van der Waals surface area contributed by atoms with Crippen molar-refractivity contribution in [1.29, 1.82) is 0 Å². The maximum atomic E-state index is 12.2. The molecule has 2 heterocycles. The molecular weight excluding hydrogens is 266 g/mol. The molecule has 0 spiro atoms. The van der Waals surface area contributed by atoms with Gasteiger partial charge in [-0.25, -0.2) is 13.1 Å². The zero-order valence-electron chi connectivity index (χ0n) is 11.3. The van der Waals surface area contributed by atoms with Gasteiger partial charge in [-0.15, -0.1) is 0 Å². The zero-order valence-corrected chi connectivity index (χ0v) is 12.1. The molecule has 104 valence electrons. The van der Waals surface area contributed by atoms with Crippen molar-refractivity contribution in [3.8, 4) is 0 Å². The summed E-state index contributed by atoms with van der Waals surface area (Å²) in [6.07, 6.45) is 2.98. The molecule has 2 N–H and O–H groups in total. The molecule has 0 aliphatic carbocycles. The summed E-state index contributed by atoms with van der Waals surface area (Å²) >= 11 is 0. The highest BCUT2D eigenvalue weighted by Crippen LogP contribution is 2.20. The molecule has 0 fully saturated rings. The van der Waals surface area contributed by atoms with Gasteiger partial charge in [0.05, 0.1) is 18.1 Å². The van der Waals surface area contributed by atoms with Crippen molar-refractivity contribution in [1.82, 2.24) is 24.7 Å². The lowest BCUT2D eigenvalue weighted by molar-refractivity contribution is 0.565. The molecule has 0 aliphatic rings. The maximum absolute atomic E-state index is 12.2. The number of aromatic amines is 1. The fourth-order valence-corrected chi connectivity index (χ4v) is 3.27. The van der Waals surface area contributed by atoms with Crippen LogP contribution in [0.5, 0.6) is 0 Å². The number of sulfonamides is 1. The smallest absolute Gasteiger partial charge is 0.244 e. The monoisotopic (exact) mass is 283 g/mol. The predicted molar refractivity (Wildman–Crippen MR) is 70.0 cm³/mol. The molecule has 2 rings (SSSR count). The van der Waals surface area contributed by atoms with Gasteiger partial charge in [0, 0.05) is 24.3 Å². The fourth-order valence-electron chi connectivity index (χ4n) is 1.91. The molecule has 0 bridgehead atoms. The highest BCUT2D eigenvalue weighted by molar-refractivity contribution is 7.89. The van der Waals surface area contributed by atoms with Gasteiger partial charge in [0.1, 0.15) is 4.90 Å². The van der Waals surface area contributed by atoms with E-state index in [1.54, 1.807) is 24.7 Å². The van der Waals surface area contributed by atoms with E-state index in [0.717, 1.165) is 11.3 Å². The number of hydrogen-bond donors (Lipinski definition) is 2. The van der Waals surface area contributed by atoms with Crippen molar-refractivity contribution in [3.05, 3.63) is 29.3 Å². The van der Waals surface area contributed by atoms with Crippen LogP contribution in [0.25, 0.3) is 0 Å². The van der Waals surface area contributed by atoms with Crippen molar-refractivity contribution < 1.29 is 8.42 Å². The third-order valence-corrected chi connectivity index (χ3v) is 4.80. The summed E-state index contributed by atoms with van der Waals surface area (Å²) in [4.78, 5) is 0.167. The van der Waals surface area contributed by atoms with E-state index in [9.17, 15) is 8.42 Å². The summed E-state index contributed by atoms with van der Waals surface area (Å²) in [7, 11) is -1.76. The van der Waals surface area contributed by atoms with E-state index in [-0.39, 0.29) is 10.9 Å². The average Bonchev–Trinajstić information content (AvgIpc) is 2.87. The van der Waals surface area contributed by atoms with E-state index in [4.69, 9.17) is 0 Å². The molecule has 8 heteroatoms. The van der Waals surface area contributed by atoms with Crippen LogP contribution in [-0.2, 0) is 17.1 Å². The summed E-state index contributed by atoms with van der Waals surface area (Å²) in [5.41, 5.74) is 2.30. The molecule has 0 saturated carbocycles. The van der Waals surface area contributed by atoms with Crippen molar-refractivity contribution in [3.63, 3.8) is 0 Å². The number of H-pyrrole nitrogens is 1. The molecular formula is C11H17N5O2S. The van der Waals surface area contributed by atoms with E-state index in [1.807, 2.05) is 14.0 Å². The Morgan fingerprint density at radius 2 is 2.05 bits per heavy atom. The first-order chi connectivity index (χ1) is 8.83. The highest BCUT2D eigenvalue weighted by atomic mass is 32.2. The number of aryl methyl sites for hydroxylation is 2. The first-order valence-corrected chi connectivity index (χ1v) is 7.32. The van der Waals surface area contributed by atoms with Gasteiger partial charge in [0.2, 0.25) is 10.0 Å². The lowest BCUT2D eigenvalue weighted by Gasteiger charge is -2.13. The minimum absolute atomic E-state index is 0.167. The van der Waals surface area contributed by atoms with Crippen molar-refractivity contribution >= 4 is 10.0 Å². The molecule has 0 aliphatic heterocycles. The van der Waals surface area contributed by atoms with Crippen LogP contribution in [0.2, 0.25) is 0 Å². The SMILES string of the molecule is Cc1[nH]ncc1S(=O)(=O)NC(C)c1cnn(C)c1C. The molecule has 0 amide bonds. The Hall–Kier alpha value is -1.67. The van der Waals surface area contributed by atoms with Gasteiger partial charge in [-0.1, -0.05) is 0 Å². The third kappa shape index (κ3) is 2.54. The first-order valence-electron chi connectivity index (χ1n) is 5.83. The van der Waals surface area contributed by atoms with Crippen molar-refractivity contribution in [2.75, 3.05) is 0 Å². The Balaban J connectivity index is 2.26. The van der Waals surface area contributed by atoms with Crippen LogP contribution >= 0.6 is 0 Å². The molecule has 0 saturated heterocycles. The van der Waals surface area contributed by atoms with Crippen LogP contribution in [0, 0.1) is 13.8 Å². The topological polar surface area (TPSA) is 92.7 Å². The number of nitrogens with zero attached hydrogens (tertiary/aromatic N) is 3. The van der Waals surface area contributed by atoms with Crippen LogP contribution in [0.15, 0.2) is 17.3 Å². The molecule has 2 aromatic heterocycles. The van der Waals surface area contributed by atoms with Crippen molar-refractivity contribution in [2.24, 2.45) is 7.05 Å². The standard InChI is InChI=1S/C11H17N5O2S/c1-7(10-5-13-16(4)9(10)3)15-19(17,18)11-6-12-14-8(11)2/h5-7,15H,1-4H3,(H,12,14). The minimum atomic E-state index is -3.58. The number of aromatic nitrogens is 4. The van der Waals surface area contributed by atoms with E-state index >= 15 is 0 Å². The molecule has 0 radical (unpaired) electrons. The van der Waals surface area contributed by atoms with Crippen LogP contribution in [0.4, 0.5) is 0 Å². The largest absolute Gasteiger partial charge is 0.281 e. The van der Waals surface area contributed by atoms with Crippen LogP contribution in [0.3, 0.4) is 0 Å². The van der Waals surface area contributed by atoms with Gasteiger partial charge < -0.3 is 0 Å². The lowest BCUT2D eigenvalue weighted by atomic mass is 10.1. The van der Waals surface area contributed by atoms with E-state index < -0.39 is 10.0 Å².